The number of nitrogens with one attached hydrogen (secondary N) is 1. The van der Waals surface area contributed by atoms with Gasteiger partial charge in [0.1, 0.15) is 5.54 Å². The summed E-state index contributed by atoms with van der Waals surface area (Å²) in [7, 11) is 0. The number of carbonyl (C=O) groups is 3. The molecule has 2 atom stereocenters. The molecule has 20 heavy (non-hydrogen) atoms. The van der Waals surface area contributed by atoms with E-state index in [0.29, 0.717) is 25.9 Å². The van der Waals surface area contributed by atoms with Crippen LogP contribution in [0.5, 0.6) is 0 Å². The van der Waals surface area contributed by atoms with Crippen LogP contribution in [-0.2, 0) is 14.4 Å². The maximum atomic E-state index is 12.7. The van der Waals surface area contributed by atoms with Crippen LogP contribution in [0.3, 0.4) is 0 Å². The van der Waals surface area contributed by atoms with Crippen LogP contribution in [0, 0.1) is 0 Å². The first-order valence-electron chi connectivity index (χ1n) is 6.97. The van der Waals surface area contributed by atoms with Crippen molar-refractivity contribution in [2.24, 2.45) is 11.5 Å². The number of hydrogen-bond acceptors (Lipinski definition) is 4. The van der Waals surface area contributed by atoms with Gasteiger partial charge in [0.2, 0.25) is 17.7 Å². The molecule has 2 heterocycles. The molecule has 112 valence electrons. The second kappa shape index (κ2) is 5.05. The number of nitrogens with two attached hydrogens (primary N) is 2. The van der Waals surface area contributed by atoms with Crippen LogP contribution in [0.2, 0.25) is 0 Å². The molecule has 2 unspecified atom stereocenters. The highest BCUT2D eigenvalue weighted by Crippen LogP contribution is 2.37. The fourth-order valence-electron chi connectivity index (χ4n) is 3.13. The molecule has 0 aromatic carbocycles. The molecular formula is C13H22N4O3. The Hall–Kier alpha value is -1.63. The quantitative estimate of drug-likeness (QED) is 0.603. The summed E-state index contributed by atoms with van der Waals surface area (Å²) < 4.78 is 0. The first-order chi connectivity index (χ1) is 9.29. The Bertz CT molecular complexity index is 445. The van der Waals surface area contributed by atoms with Crippen molar-refractivity contribution in [1.29, 1.82) is 0 Å². The summed E-state index contributed by atoms with van der Waals surface area (Å²) in [4.78, 5) is 37.2. The smallest absolute Gasteiger partial charge is 0.246 e. The Morgan fingerprint density at radius 2 is 2.15 bits per heavy atom. The summed E-state index contributed by atoms with van der Waals surface area (Å²) in [6.45, 7) is 2.72. The molecule has 0 bridgehead atoms. The van der Waals surface area contributed by atoms with Crippen molar-refractivity contribution in [3.63, 3.8) is 0 Å². The van der Waals surface area contributed by atoms with Gasteiger partial charge in [0.05, 0.1) is 5.54 Å². The van der Waals surface area contributed by atoms with Crippen LogP contribution >= 0.6 is 0 Å². The van der Waals surface area contributed by atoms with Crippen molar-refractivity contribution < 1.29 is 14.4 Å². The van der Waals surface area contributed by atoms with Gasteiger partial charge >= 0.3 is 0 Å². The van der Waals surface area contributed by atoms with E-state index in [1.54, 1.807) is 11.8 Å². The summed E-state index contributed by atoms with van der Waals surface area (Å²) in [6.07, 6.45) is 2.35. The Labute approximate surface area is 118 Å². The van der Waals surface area contributed by atoms with E-state index >= 15 is 0 Å². The molecule has 2 rings (SSSR count). The van der Waals surface area contributed by atoms with E-state index in [4.69, 9.17) is 11.5 Å². The maximum Gasteiger partial charge on any atom is 0.246 e. The first kappa shape index (κ1) is 14.8. The second-order valence-corrected chi connectivity index (χ2v) is 5.98. The lowest BCUT2D eigenvalue weighted by atomic mass is 9.90. The first-order valence-corrected chi connectivity index (χ1v) is 6.97. The minimum atomic E-state index is -1.17. The number of carbonyl (C=O) groups excluding carboxylic acids is 3. The highest BCUT2D eigenvalue weighted by atomic mass is 16.2. The number of amides is 3. The number of nitrogens with zero attached hydrogens (tertiary/aromatic N) is 1. The third-order valence-corrected chi connectivity index (χ3v) is 4.36. The van der Waals surface area contributed by atoms with Crippen LogP contribution < -0.4 is 16.8 Å². The summed E-state index contributed by atoms with van der Waals surface area (Å²) >= 11 is 0. The molecule has 0 aromatic heterocycles. The minimum absolute atomic E-state index is 0.0613. The molecule has 7 heteroatoms. The van der Waals surface area contributed by atoms with Crippen LogP contribution in [0.4, 0.5) is 0 Å². The second-order valence-electron chi connectivity index (χ2n) is 5.98. The lowest BCUT2D eigenvalue weighted by Crippen LogP contribution is -2.61. The predicted molar refractivity (Wildman–Crippen MR) is 72.3 cm³/mol. The third kappa shape index (κ3) is 2.37. The molecular weight excluding hydrogens is 260 g/mol. The predicted octanol–water partition coefficient (Wildman–Crippen LogP) is -1.15. The molecule has 2 saturated heterocycles. The molecule has 0 radical (unpaired) electrons. The molecule has 3 amide bonds. The van der Waals surface area contributed by atoms with E-state index in [9.17, 15) is 14.4 Å². The van der Waals surface area contributed by atoms with E-state index in [2.05, 4.69) is 5.32 Å². The van der Waals surface area contributed by atoms with Crippen LogP contribution in [0.1, 0.15) is 39.0 Å². The standard InChI is InChI=1S/C13H22N4O3/c1-12(15,5-3-9(14)18)11(20)17-8-2-4-13(17)6-7-16-10(13)19/h2-8,15H2,1H3,(H2,14,18)(H,16,19). The molecule has 5 N–H and O–H groups in total. The van der Waals surface area contributed by atoms with Gasteiger partial charge in [-0.15, -0.1) is 0 Å². The summed E-state index contributed by atoms with van der Waals surface area (Å²) in [5.41, 5.74) is 9.26. The summed E-state index contributed by atoms with van der Waals surface area (Å²) in [5, 5.41) is 2.79. The van der Waals surface area contributed by atoms with E-state index in [0.717, 1.165) is 6.42 Å². The van der Waals surface area contributed by atoms with E-state index in [1.165, 1.54) is 0 Å². The lowest BCUT2D eigenvalue weighted by molar-refractivity contribution is -0.146. The normalized spacial score (nSPS) is 28.5. The maximum absolute atomic E-state index is 12.7. The summed E-state index contributed by atoms with van der Waals surface area (Å²) in [6, 6.07) is 0. The van der Waals surface area contributed by atoms with Gasteiger partial charge in [-0.25, -0.2) is 0 Å². The van der Waals surface area contributed by atoms with Crippen molar-refractivity contribution in [2.75, 3.05) is 13.1 Å². The Morgan fingerprint density at radius 3 is 2.70 bits per heavy atom. The third-order valence-electron chi connectivity index (χ3n) is 4.36. The minimum Gasteiger partial charge on any atom is -0.370 e. The van der Waals surface area contributed by atoms with Gasteiger partial charge in [-0.1, -0.05) is 0 Å². The Balaban J connectivity index is 2.15. The van der Waals surface area contributed by atoms with Gasteiger partial charge in [0, 0.05) is 19.5 Å². The van der Waals surface area contributed by atoms with E-state index in [-0.39, 0.29) is 24.7 Å². The van der Waals surface area contributed by atoms with E-state index < -0.39 is 17.0 Å². The Kier molecular flexibility index (Phi) is 3.73. The number of rotatable bonds is 4. The van der Waals surface area contributed by atoms with E-state index in [1.807, 2.05) is 0 Å². The lowest BCUT2D eigenvalue weighted by Gasteiger charge is -2.37. The zero-order valence-electron chi connectivity index (χ0n) is 11.8. The number of primary amides is 1. The number of likely N-dealkylation sites (tertiary alicyclic amines) is 1. The van der Waals surface area contributed by atoms with Gasteiger partial charge in [-0.2, -0.15) is 0 Å². The molecule has 0 saturated carbocycles. The highest BCUT2D eigenvalue weighted by molar-refractivity contribution is 5.96. The number of hydrogen-bond donors (Lipinski definition) is 3. The summed E-state index contributed by atoms with van der Waals surface area (Å²) in [5.74, 6) is -0.841. The highest BCUT2D eigenvalue weighted by Gasteiger charge is 2.54. The average molecular weight is 282 g/mol. The average Bonchev–Trinajstić information content (AvgIpc) is 2.95. The largest absolute Gasteiger partial charge is 0.370 e. The SMILES string of the molecule is CC(N)(CCC(N)=O)C(=O)N1CCCC12CCNC2=O. The molecule has 7 nitrogen and oxygen atoms in total. The van der Waals surface area contributed by atoms with Gasteiger partial charge in [0.15, 0.2) is 0 Å². The van der Waals surface area contributed by atoms with Gasteiger partial charge < -0.3 is 21.7 Å². The molecule has 0 aromatic rings. The van der Waals surface area contributed by atoms with Gasteiger partial charge in [-0.3, -0.25) is 14.4 Å². The Morgan fingerprint density at radius 1 is 1.45 bits per heavy atom. The van der Waals surface area contributed by atoms with Crippen molar-refractivity contribution in [2.45, 2.75) is 50.1 Å². The zero-order valence-corrected chi connectivity index (χ0v) is 11.8. The van der Waals surface area contributed by atoms with Gasteiger partial charge in [-0.05, 0) is 32.6 Å². The van der Waals surface area contributed by atoms with Crippen LogP contribution in [0.25, 0.3) is 0 Å². The zero-order chi connectivity index (χ0) is 15.0. The van der Waals surface area contributed by atoms with Crippen molar-refractivity contribution in [1.82, 2.24) is 10.2 Å². The molecule has 0 aliphatic carbocycles. The van der Waals surface area contributed by atoms with Gasteiger partial charge in [0.25, 0.3) is 0 Å². The van der Waals surface area contributed by atoms with Crippen molar-refractivity contribution in [3.8, 4) is 0 Å². The van der Waals surface area contributed by atoms with Crippen LogP contribution in [0.15, 0.2) is 0 Å². The molecule has 2 aliphatic heterocycles. The van der Waals surface area contributed by atoms with Crippen molar-refractivity contribution in [3.05, 3.63) is 0 Å². The van der Waals surface area contributed by atoms with Crippen molar-refractivity contribution >= 4 is 17.7 Å². The molecule has 2 fully saturated rings. The molecule has 2 aliphatic rings. The topological polar surface area (TPSA) is 119 Å². The molecule has 1 spiro atoms. The fraction of sp³-hybridized carbons (Fsp3) is 0.769. The monoisotopic (exact) mass is 282 g/mol. The fourth-order valence-corrected chi connectivity index (χ4v) is 3.13. The van der Waals surface area contributed by atoms with Crippen LogP contribution in [-0.4, -0.2) is 46.8 Å².